The molecule has 2 atom stereocenters. The van der Waals surface area contributed by atoms with Crippen molar-refractivity contribution < 1.29 is 4.79 Å². The Morgan fingerprint density at radius 3 is 3.00 bits per heavy atom. The van der Waals surface area contributed by atoms with Crippen LogP contribution in [0.2, 0.25) is 0 Å². The van der Waals surface area contributed by atoms with Gasteiger partial charge in [0.2, 0.25) is 0 Å². The third-order valence-electron chi connectivity index (χ3n) is 4.94. The summed E-state index contributed by atoms with van der Waals surface area (Å²) in [6.45, 7) is 4.11. The molecule has 2 fully saturated rings. The number of amides is 1. The molecule has 1 N–H and O–H groups in total. The second kappa shape index (κ2) is 6.79. The molecule has 2 aliphatic heterocycles. The summed E-state index contributed by atoms with van der Waals surface area (Å²) in [4.78, 5) is 16.8. The summed E-state index contributed by atoms with van der Waals surface area (Å²) in [6, 6.07) is 2.54. The zero-order chi connectivity index (χ0) is 15.5. The number of likely N-dealkylation sites (tertiary alicyclic amines) is 1. The van der Waals surface area contributed by atoms with E-state index in [-0.39, 0.29) is 5.91 Å². The van der Waals surface area contributed by atoms with Crippen LogP contribution in [0.1, 0.15) is 42.2 Å². The molecule has 2 saturated heterocycles. The van der Waals surface area contributed by atoms with Crippen molar-refractivity contribution in [2.75, 3.05) is 40.3 Å². The van der Waals surface area contributed by atoms with Gasteiger partial charge in [-0.25, -0.2) is 0 Å². The molecular weight excluding hydrogens is 278 g/mol. The Morgan fingerprint density at radius 2 is 2.27 bits per heavy atom. The number of hydrogen-bond acceptors (Lipinski definition) is 4. The molecule has 3 rings (SSSR count). The van der Waals surface area contributed by atoms with Crippen LogP contribution in [0.25, 0.3) is 0 Å². The highest BCUT2D eigenvalue weighted by atomic mass is 16.2. The Bertz CT molecular complexity index is 508. The largest absolute Gasteiger partial charge is 0.336 e. The average Bonchev–Trinajstić information content (AvgIpc) is 3.04. The van der Waals surface area contributed by atoms with Gasteiger partial charge in [-0.15, -0.1) is 0 Å². The van der Waals surface area contributed by atoms with E-state index in [0.29, 0.717) is 17.8 Å². The molecule has 0 spiro atoms. The molecule has 22 heavy (non-hydrogen) atoms. The van der Waals surface area contributed by atoms with Gasteiger partial charge in [0, 0.05) is 32.4 Å². The van der Waals surface area contributed by atoms with Crippen LogP contribution in [0.3, 0.4) is 0 Å². The number of hydrogen-bond donors (Lipinski definition) is 1. The quantitative estimate of drug-likeness (QED) is 0.904. The molecule has 2 unspecified atom stereocenters. The summed E-state index contributed by atoms with van der Waals surface area (Å²) in [5.41, 5.74) is 0.571. The van der Waals surface area contributed by atoms with Gasteiger partial charge < -0.3 is 15.1 Å². The van der Waals surface area contributed by atoms with E-state index in [9.17, 15) is 4.79 Å². The van der Waals surface area contributed by atoms with E-state index < -0.39 is 0 Å². The average molecular weight is 305 g/mol. The zero-order valence-electron chi connectivity index (χ0n) is 13.7. The Morgan fingerprint density at radius 1 is 1.41 bits per heavy atom. The molecule has 0 aliphatic carbocycles. The van der Waals surface area contributed by atoms with Crippen molar-refractivity contribution in [3.63, 3.8) is 0 Å². The molecule has 6 heteroatoms. The van der Waals surface area contributed by atoms with Crippen LogP contribution in [0.4, 0.5) is 0 Å². The van der Waals surface area contributed by atoms with Crippen LogP contribution in [0.5, 0.6) is 0 Å². The van der Waals surface area contributed by atoms with Gasteiger partial charge >= 0.3 is 0 Å². The molecule has 3 heterocycles. The summed E-state index contributed by atoms with van der Waals surface area (Å²) in [5, 5.41) is 7.93. The summed E-state index contributed by atoms with van der Waals surface area (Å²) in [7, 11) is 4.03. The molecule has 0 radical (unpaired) electrons. The van der Waals surface area contributed by atoms with Gasteiger partial charge in [0.15, 0.2) is 0 Å². The van der Waals surface area contributed by atoms with E-state index in [0.717, 1.165) is 45.4 Å². The Hall–Kier alpha value is -1.40. The van der Waals surface area contributed by atoms with Crippen LogP contribution in [-0.4, -0.2) is 71.8 Å². The van der Waals surface area contributed by atoms with Gasteiger partial charge in [-0.3, -0.25) is 9.48 Å². The molecule has 0 aromatic carbocycles. The van der Waals surface area contributed by atoms with Gasteiger partial charge in [0.05, 0.1) is 6.04 Å². The molecule has 122 valence electrons. The number of nitrogens with one attached hydrogen (secondary N) is 1. The standard InChI is InChI=1S/C16H27N5O/c1-19-9-4-6-14(12-19)20(2)16(22)15-7-10-21(18-15)13-5-3-8-17-11-13/h7,10,13-14,17H,3-6,8-9,11-12H2,1-2H3. The minimum atomic E-state index is 0.0443. The smallest absolute Gasteiger partial charge is 0.274 e. The van der Waals surface area contributed by atoms with Crippen molar-refractivity contribution in [3.05, 3.63) is 18.0 Å². The maximum atomic E-state index is 12.7. The number of likely N-dealkylation sites (N-methyl/N-ethyl adjacent to an activating group) is 2. The first-order valence-electron chi connectivity index (χ1n) is 8.36. The number of piperidine rings is 2. The fourth-order valence-electron chi connectivity index (χ4n) is 3.52. The predicted octanol–water partition coefficient (Wildman–Crippen LogP) is 0.974. The molecule has 2 aliphatic rings. The second-order valence-electron chi connectivity index (χ2n) is 6.66. The Kier molecular flexibility index (Phi) is 4.78. The predicted molar refractivity (Wildman–Crippen MR) is 86.0 cm³/mol. The number of carbonyl (C=O) groups is 1. The maximum Gasteiger partial charge on any atom is 0.274 e. The summed E-state index contributed by atoms with van der Waals surface area (Å²) >= 11 is 0. The fraction of sp³-hybridized carbons (Fsp3) is 0.750. The van der Waals surface area contributed by atoms with Crippen molar-refractivity contribution >= 4 is 5.91 Å². The van der Waals surface area contributed by atoms with E-state index in [2.05, 4.69) is 22.4 Å². The lowest BCUT2D eigenvalue weighted by molar-refractivity contribution is 0.0637. The zero-order valence-corrected chi connectivity index (χ0v) is 13.7. The van der Waals surface area contributed by atoms with E-state index in [1.54, 1.807) is 0 Å². The summed E-state index contributed by atoms with van der Waals surface area (Å²) in [6.07, 6.45) is 6.49. The molecule has 6 nitrogen and oxygen atoms in total. The first kappa shape index (κ1) is 15.5. The lowest BCUT2D eigenvalue weighted by Crippen LogP contribution is -2.47. The van der Waals surface area contributed by atoms with Crippen molar-refractivity contribution in [1.29, 1.82) is 0 Å². The van der Waals surface area contributed by atoms with E-state index in [1.165, 1.54) is 6.42 Å². The van der Waals surface area contributed by atoms with Crippen LogP contribution in [0, 0.1) is 0 Å². The molecule has 0 bridgehead atoms. The first-order chi connectivity index (χ1) is 10.6. The molecule has 1 amide bonds. The molecule has 1 aromatic heterocycles. The molecule has 1 aromatic rings. The molecule has 0 saturated carbocycles. The first-order valence-corrected chi connectivity index (χ1v) is 8.36. The third kappa shape index (κ3) is 3.33. The topological polar surface area (TPSA) is 53.4 Å². The van der Waals surface area contributed by atoms with Gasteiger partial charge in [0.25, 0.3) is 5.91 Å². The minimum Gasteiger partial charge on any atom is -0.336 e. The fourth-order valence-corrected chi connectivity index (χ4v) is 3.52. The SMILES string of the molecule is CN1CCCC(N(C)C(=O)c2ccn(C3CCCNC3)n2)C1. The highest BCUT2D eigenvalue weighted by molar-refractivity contribution is 5.92. The van der Waals surface area contributed by atoms with Crippen molar-refractivity contribution in [2.45, 2.75) is 37.8 Å². The highest BCUT2D eigenvalue weighted by Crippen LogP contribution is 2.18. The van der Waals surface area contributed by atoms with E-state index in [4.69, 9.17) is 0 Å². The maximum absolute atomic E-state index is 12.7. The van der Waals surface area contributed by atoms with Crippen molar-refractivity contribution in [1.82, 2.24) is 24.9 Å². The highest BCUT2D eigenvalue weighted by Gasteiger charge is 2.27. The van der Waals surface area contributed by atoms with Crippen molar-refractivity contribution in [2.24, 2.45) is 0 Å². The normalized spacial score (nSPS) is 26.8. The number of rotatable bonds is 3. The van der Waals surface area contributed by atoms with Crippen LogP contribution >= 0.6 is 0 Å². The van der Waals surface area contributed by atoms with Gasteiger partial charge in [-0.05, 0) is 51.9 Å². The number of aromatic nitrogens is 2. The number of nitrogens with zero attached hydrogens (tertiary/aromatic N) is 4. The van der Waals surface area contributed by atoms with E-state index in [1.807, 2.05) is 28.9 Å². The number of carbonyl (C=O) groups excluding carboxylic acids is 1. The lowest BCUT2D eigenvalue weighted by Gasteiger charge is -2.35. The van der Waals surface area contributed by atoms with Crippen LogP contribution in [0.15, 0.2) is 12.3 Å². The monoisotopic (exact) mass is 305 g/mol. The van der Waals surface area contributed by atoms with Gasteiger partial charge in [-0.1, -0.05) is 0 Å². The minimum absolute atomic E-state index is 0.0443. The van der Waals surface area contributed by atoms with Gasteiger partial charge in [-0.2, -0.15) is 5.10 Å². The summed E-state index contributed by atoms with van der Waals surface area (Å²) in [5.74, 6) is 0.0443. The van der Waals surface area contributed by atoms with Crippen molar-refractivity contribution in [3.8, 4) is 0 Å². The molecular formula is C16H27N5O. The summed E-state index contributed by atoms with van der Waals surface area (Å²) < 4.78 is 1.96. The second-order valence-corrected chi connectivity index (χ2v) is 6.66. The third-order valence-corrected chi connectivity index (χ3v) is 4.94. The Balaban J connectivity index is 1.65. The van der Waals surface area contributed by atoms with E-state index >= 15 is 0 Å². The van der Waals surface area contributed by atoms with Crippen LogP contribution < -0.4 is 5.32 Å². The lowest BCUT2D eigenvalue weighted by atomic mass is 10.0. The Labute approximate surface area is 132 Å². The van der Waals surface area contributed by atoms with Crippen LogP contribution in [-0.2, 0) is 0 Å². The van der Waals surface area contributed by atoms with Gasteiger partial charge in [0.1, 0.15) is 5.69 Å².